The lowest BCUT2D eigenvalue weighted by molar-refractivity contribution is 0.235. The first-order valence-corrected chi connectivity index (χ1v) is 11.6. The number of rotatable bonds is 7. The Bertz CT molecular complexity index is 974. The Hall–Kier alpha value is -1.88. The topological polar surface area (TPSA) is 79.8 Å². The number of sulfone groups is 1. The van der Waals surface area contributed by atoms with E-state index in [1.54, 1.807) is 0 Å². The average molecular weight is 547 g/mol. The molecule has 6 nitrogen and oxygen atoms in total. The molecular weight excluding hydrogens is 520 g/mol. The highest BCUT2D eigenvalue weighted by Gasteiger charge is 2.22. The third kappa shape index (κ3) is 7.12. The SMILES string of the molecule is CCNC(=NCc1cc(F)ccc1CS(C)(=O)=O)NCC1Cc2ccccc2O1.I. The van der Waals surface area contributed by atoms with E-state index in [2.05, 4.69) is 21.7 Å². The minimum Gasteiger partial charge on any atom is -0.488 e. The van der Waals surface area contributed by atoms with Crippen molar-refractivity contribution in [2.75, 3.05) is 19.3 Å². The molecule has 0 aromatic heterocycles. The van der Waals surface area contributed by atoms with Crippen LogP contribution in [0.3, 0.4) is 0 Å². The van der Waals surface area contributed by atoms with Crippen LogP contribution in [0, 0.1) is 5.82 Å². The average Bonchev–Trinajstić information content (AvgIpc) is 3.08. The first-order valence-electron chi connectivity index (χ1n) is 9.56. The van der Waals surface area contributed by atoms with Gasteiger partial charge in [-0.05, 0) is 41.8 Å². The number of hydrogen-bond donors (Lipinski definition) is 2. The van der Waals surface area contributed by atoms with Crippen LogP contribution in [-0.4, -0.2) is 39.8 Å². The monoisotopic (exact) mass is 547 g/mol. The standard InChI is InChI=1S/C21H26FN3O3S.HI/c1-3-23-21(25-13-19-11-15-6-4-5-7-20(15)28-19)24-12-17-10-18(22)9-8-16(17)14-29(2,26)27;/h4-10,19H,3,11-14H2,1-2H3,(H2,23,24,25);1H. The van der Waals surface area contributed by atoms with Gasteiger partial charge in [0.1, 0.15) is 17.7 Å². The van der Waals surface area contributed by atoms with E-state index in [1.807, 2.05) is 25.1 Å². The second-order valence-corrected chi connectivity index (χ2v) is 9.25. The fourth-order valence-corrected chi connectivity index (χ4v) is 4.10. The van der Waals surface area contributed by atoms with E-state index in [1.165, 1.54) is 23.8 Å². The van der Waals surface area contributed by atoms with Crippen LogP contribution in [-0.2, 0) is 28.6 Å². The number of benzene rings is 2. The van der Waals surface area contributed by atoms with Crippen molar-refractivity contribution in [3.63, 3.8) is 0 Å². The maximum Gasteiger partial charge on any atom is 0.191 e. The van der Waals surface area contributed by atoms with Gasteiger partial charge in [-0.25, -0.2) is 17.8 Å². The van der Waals surface area contributed by atoms with E-state index in [4.69, 9.17) is 4.74 Å². The lowest BCUT2D eigenvalue weighted by Crippen LogP contribution is -2.42. The Morgan fingerprint density at radius 1 is 1.20 bits per heavy atom. The number of nitrogens with one attached hydrogen (secondary N) is 2. The summed E-state index contributed by atoms with van der Waals surface area (Å²) in [4.78, 5) is 4.50. The normalized spacial score (nSPS) is 15.7. The molecule has 0 radical (unpaired) electrons. The maximum absolute atomic E-state index is 13.7. The van der Waals surface area contributed by atoms with Gasteiger partial charge in [0, 0.05) is 19.2 Å². The second-order valence-electron chi connectivity index (χ2n) is 7.11. The summed E-state index contributed by atoms with van der Waals surface area (Å²) >= 11 is 0. The summed E-state index contributed by atoms with van der Waals surface area (Å²) < 4.78 is 42.9. The Kier molecular flexibility index (Phi) is 8.90. The molecule has 0 saturated heterocycles. The van der Waals surface area contributed by atoms with Crippen molar-refractivity contribution >= 4 is 39.8 Å². The zero-order valence-electron chi connectivity index (χ0n) is 17.0. The molecule has 0 aliphatic carbocycles. The summed E-state index contributed by atoms with van der Waals surface area (Å²) in [6.45, 7) is 3.36. The summed E-state index contributed by atoms with van der Waals surface area (Å²) in [7, 11) is -3.23. The molecular formula is C21H27FIN3O3S. The lowest BCUT2D eigenvalue weighted by Gasteiger charge is -2.16. The first-order chi connectivity index (χ1) is 13.8. The van der Waals surface area contributed by atoms with E-state index in [9.17, 15) is 12.8 Å². The van der Waals surface area contributed by atoms with E-state index in [0.29, 0.717) is 30.2 Å². The number of fused-ring (bicyclic) bond motifs is 1. The van der Waals surface area contributed by atoms with Crippen LogP contribution >= 0.6 is 24.0 Å². The highest BCUT2D eigenvalue weighted by Crippen LogP contribution is 2.27. The highest BCUT2D eigenvalue weighted by molar-refractivity contribution is 14.0. The molecule has 1 unspecified atom stereocenters. The molecule has 30 heavy (non-hydrogen) atoms. The Labute approximate surface area is 194 Å². The van der Waals surface area contributed by atoms with Crippen LogP contribution < -0.4 is 15.4 Å². The fourth-order valence-electron chi connectivity index (χ4n) is 3.25. The Balaban J connectivity index is 0.00000320. The van der Waals surface area contributed by atoms with E-state index in [0.717, 1.165) is 18.4 Å². The summed E-state index contributed by atoms with van der Waals surface area (Å²) in [5.74, 6) is 0.923. The van der Waals surface area contributed by atoms with E-state index in [-0.39, 0.29) is 42.4 Å². The van der Waals surface area contributed by atoms with Crippen molar-refractivity contribution in [1.82, 2.24) is 10.6 Å². The van der Waals surface area contributed by atoms with Crippen molar-refractivity contribution in [2.45, 2.75) is 31.7 Å². The van der Waals surface area contributed by atoms with Crippen LogP contribution in [0.2, 0.25) is 0 Å². The number of guanidine groups is 1. The van der Waals surface area contributed by atoms with E-state index < -0.39 is 15.7 Å². The molecule has 0 saturated carbocycles. The molecule has 0 spiro atoms. The maximum atomic E-state index is 13.7. The summed E-state index contributed by atoms with van der Waals surface area (Å²) in [5, 5.41) is 6.40. The van der Waals surface area contributed by atoms with Gasteiger partial charge in [0.15, 0.2) is 15.8 Å². The number of halogens is 2. The molecule has 0 amide bonds. The predicted octanol–water partition coefficient (Wildman–Crippen LogP) is 3.05. The zero-order chi connectivity index (χ0) is 20.9. The van der Waals surface area contributed by atoms with Crippen LogP contribution in [0.1, 0.15) is 23.6 Å². The first kappa shape index (κ1) is 24.4. The van der Waals surface area contributed by atoms with Crippen LogP contribution in [0.4, 0.5) is 4.39 Å². The molecule has 1 aliphatic rings. The minimum absolute atomic E-state index is 0. The summed E-state index contributed by atoms with van der Waals surface area (Å²) in [6, 6.07) is 12.1. The molecule has 164 valence electrons. The zero-order valence-corrected chi connectivity index (χ0v) is 20.2. The molecule has 9 heteroatoms. The molecule has 3 rings (SSSR count). The quantitative estimate of drug-likeness (QED) is 0.317. The number of nitrogens with zero attached hydrogens (tertiary/aromatic N) is 1. The van der Waals surface area contributed by atoms with Gasteiger partial charge in [-0.3, -0.25) is 0 Å². The Morgan fingerprint density at radius 2 is 1.97 bits per heavy atom. The van der Waals surface area contributed by atoms with Crippen LogP contribution in [0.25, 0.3) is 0 Å². The molecule has 1 atom stereocenters. The molecule has 0 bridgehead atoms. The van der Waals surface area contributed by atoms with Gasteiger partial charge in [-0.15, -0.1) is 24.0 Å². The summed E-state index contributed by atoms with van der Waals surface area (Å²) in [6.07, 6.45) is 1.99. The van der Waals surface area contributed by atoms with Gasteiger partial charge < -0.3 is 15.4 Å². The summed E-state index contributed by atoms with van der Waals surface area (Å²) in [5.41, 5.74) is 2.30. The van der Waals surface area contributed by atoms with Crippen molar-refractivity contribution in [3.05, 3.63) is 65.0 Å². The molecule has 2 aromatic rings. The molecule has 0 fully saturated rings. The minimum atomic E-state index is -3.23. The van der Waals surface area contributed by atoms with Crippen molar-refractivity contribution in [3.8, 4) is 5.75 Å². The third-order valence-corrected chi connectivity index (χ3v) is 5.38. The van der Waals surface area contributed by atoms with Crippen molar-refractivity contribution < 1.29 is 17.5 Å². The molecule has 1 aliphatic heterocycles. The third-order valence-electron chi connectivity index (χ3n) is 4.55. The Morgan fingerprint density at radius 3 is 2.67 bits per heavy atom. The van der Waals surface area contributed by atoms with Gasteiger partial charge >= 0.3 is 0 Å². The highest BCUT2D eigenvalue weighted by atomic mass is 127. The van der Waals surface area contributed by atoms with E-state index >= 15 is 0 Å². The van der Waals surface area contributed by atoms with Crippen molar-refractivity contribution in [2.24, 2.45) is 4.99 Å². The largest absolute Gasteiger partial charge is 0.488 e. The lowest BCUT2D eigenvalue weighted by atomic mass is 10.1. The molecule has 2 N–H and O–H groups in total. The van der Waals surface area contributed by atoms with Gasteiger partial charge in [-0.1, -0.05) is 24.3 Å². The van der Waals surface area contributed by atoms with Gasteiger partial charge in [0.2, 0.25) is 0 Å². The number of para-hydroxylation sites is 1. The molecule has 1 heterocycles. The number of ether oxygens (including phenoxy) is 1. The van der Waals surface area contributed by atoms with Gasteiger partial charge in [0.05, 0.1) is 18.8 Å². The van der Waals surface area contributed by atoms with Crippen molar-refractivity contribution in [1.29, 1.82) is 0 Å². The van der Waals surface area contributed by atoms with Gasteiger partial charge in [-0.2, -0.15) is 0 Å². The van der Waals surface area contributed by atoms with Crippen LogP contribution in [0.5, 0.6) is 5.75 Å². The predicted molar refractivity (Wildman–Crippen MR) is 128 cm³/mol. The van der Waals surface area contributed by atoms with Gasteiger partial charge in [0.25, 0.3) is 0 Å². The molecule has 2 aromatic carbocycles. The smallest absolute Gasteiger partial charge is 0.191 e. The number of hydrogen-bond acceptors (Lipinski definition) is 4. The fraction of sp³-hybridized carbons (Fsp3) is 0.381. The second kappa shape index (κ2) is 10.9. The van der Waals surface area contributed by atoms with Crippen LogP contribution in [0.15, 0.2) is 47.5 Å². The number of aliphatic imine (C=N–C) groups is 1.